The van der Waals surface area contributed by atoms with Crippen molar-refractivity contribution >= 4 is 5.91 Å². The van der Waals surface area contributed by atoms with E-state index in [2.05, 4.69) is 35.6 Å². The summed E-state index contributed by atoms with van der Waals surface area (Å²) in [6.45, 7) is 1.84. The number of nitrogens with two attached hydrogens (primary N) is 1. The molecule has 1 amide bonds. The summed E-state index contributed by atoms with van der Waals surface area (Å²) in [6.07, 6.45) is 0.293. The van der Waals surface area contributed by atoms with Crippen molar-refractivity contribution in [2.45, 2.75) is 19.5 Å². The van der Waals surface area contributed by atoms with Crippen LogP contribution in [0.5, 0.6) is 0 Å². The van der Waals surface area contributed by atoms with E-state index < -0.39 is 0 Å². The van der Waals surface area contributed by atoms with Gasteiger partial charge >= 0.3 is 0 Å². The van der Waals surface area contributed by atoms with Gasteiger partial charge in [-0.2, -0.15) is 0 Å². The number of carbonyl (C=O) groups is 1. The first kappa shape index (κ1) is 11.9. The number of amides is 1. The minimum atomic E-state index is -0.294. The van der Waals surface area contributed by atoms with Crippen LogP contribution in [0.2, 0.25) is 0 Å². The normalized spacial score (nSPS) is 13.3. The van der Waals surface area contributed by atoms with Gasteiger partial charge in [0.2, 0.25) is 5.91 Å². The second kappa shape index (κ2) is 4.86. The number of primary amides is 1. The Hall–Kier alpha value is -2.13. The van der Waals surface area contributed by atoms with Crippen LogP contribution in [0.25, 0.3) is 11.1 Å². The number of nitrogens with one attached hydrogen (secondary N) is 1. The first-order valence-electron chi connectivity index (χ1n) is 6.43. The molecule has 96 valence electrons. The average molecular weight is 252 g/mol. The van der Waals surface area contributed by atoms with Gasteiger partial charge in [-0.25, -0.2) is 0 Å². The molecule has 3 rings (SSSR count). The number of carbonyl (C=O) groups excluding carboxylic acids is 1. The van der Waals surface area contributed by atoms with Crippen molar-refractivity contribution in [3.8, 4) is 11.1 Å². The van der Waals surface area contributed by atoms with Gasteiger partial charge in [0.25, 0.3) is 0 Å². The van der Waals surface area contributed by atoms with Crippen molar-refractivity contribution in [1.82, 2.24) is 5.32 Å². The third kappa shape index (κ3) is 2.37. The van der Waals surface area contributed by atoms with Crippen molar-refractivity contribution in [3.63, 3.8) is 0 Å². The van der Waals surface area contributed by atoms with E-state index in [9.17, 15) is 4.79 Å². The summed E-state index contributed by atoms with van der Waals surface area (Å²) in [4.78, 5) is 11.0. The van der Waals surface area contributed by atoms with Crippen LogP contribution in [-0.4, -0.2) is 5.91 Å². The standard InChI is InChI=1S/C16H16N2O/c17-16(19)8-11-3-1-4-12(7-11)14-6-2-5-13-9-18-10-15(13)14/h1-7,18H,8-10H2,(H2,17,19). The molecule has 0 aromatic heterocycles. The highest BCUT2D eigenvalue weighted by Gasteiger charge is 2.14. The molecule has 3 nitrogen and oxygen atoms in total. The van der Waals surface area contributed by atoms with Crippen LogP contribution in [0.3, 0.4) is 0 Å². The van der Waals surface area contributed by atoms with E-state index in [1.807, 2.05) is 12.1 Å². The number of rotatable bonds is 3. The van der Waals surface area contributed by atoms with Crippen LogP contribution in [0.1, 0.15) is 16.7 Å². The van der Waals surface area contributed by atoms with E-state index >= 15 is 0 Å². The largest absolute Gasteiger partial charge is 0.369 e. The van der Waals surface area contributed by atoms with Crippen LogP contribution >= 0.6 is 0 Å². The van der Waals surface area contributed by atoms with E-state index in [-0.39, 0.29) is 5.91 Å². The highest BCUT2D eigenvalue weighted by molar-refractivity contribution is 5.78. The number of fused-ring (bicyclic) bond motifs is 1. The van der Waals surface area contributed by atoms with E-state index in [0.29, 0.717) is 6.42 Å². The van der Waals surface area contributed by atoms with Crippen molar-refractivity contribution < 1.29 is 4.79 Å². The molecular weight excluding hydrogens is 236 g/mol. The third-order valence-electron chi connectivity index (χ3n) is 3.51. The molecule has 0 unspecified atom stereocenters. The summed E-state index contributed by atoms with van der Waals surface area (Å²) in [5.41, 5.74) is 11.3. The molecule has 1 heterocycles. The monoisotopic (exact) mass is 252 g/mol. The minimum Gasteiger partial charge on any atom is -0.369 e. The zero-order valence-electron chi connectivity index (χ0n) is 10.6. The van der Waals surface area contributed by atoms with Gasteiger partial charge in [0.1, 0.15) is 0 Å². The Morgan fingerprint density at radius 3 is 2.84 bits per heavy atom. The van der Waals surface area contributed by atoms with Gasteiger partial charge in [0.05, 0.1) is 6.42 Å². The molecule has 3 N–H and O–H groups in total. The Bertz CT molecular complexity index is 634. The summed E-state index contributed by atoms with van der Waals surface area (Å²) < 4.78 is 0. The Balaban J connectivity index is 2.03. The molecule has 0 atom stereocenters. The van der Waals surface area contributed by atoms with Crippen LogP contribution in [0.4, 0.5) is 0 Å². The van der Waals surface area contributed by atoms with E-state index in [1.54, 1.807) is 0 Å². The maximum atomic E-state index is 11.0. The van der Waals surface area contributed by atoms with Gasteiger partial charge in [0, 0.05) is 13.1 Å². The lowest BCUT2D eigenvalue weighted by Gasteiger charge is -2.09. The fraction of sp³-hybridized carbons (Fsp3) is 0.188. The molecule has 0 aliphatic carbocycles. The summed E-state index contributed by atoms with van der Waals surface area (Å²) in [5.74, 6) is -0.294. The molecule has 0 radical (unpaired) electrons. The maximum Gasteiger partial charge on any atom is 0.221 e. The van der Waals surface area contributed by atoms with E-state index in [1.165, 1.54) is 16.7 Å². The van der Waals surface area contributed by atoms with Crippen LogP contribution in [0, 0.1) is 0 Å². The molecule has 0 fully saturated rings. The molecule has 19 heavy (non-hydrogen) atoms. The molecule has 3 heteroatoms. The van der Waals surface area contributed by atoms with E-state index in [0.717, 1.165) is 24.2 Å². The summed E-state index contributed by atoms with van der Waals surface area (Å²) >= 11 is 0. The molecular formula is C16H16N2O. The molecule has 1 aliphatic rings. The molecule has 2 aromatic carbocycles. The Kier molecular flexibility index (Phi) is 3.05. The molecule has 0 saturated carbocycles. The highest BCUT2D eigenvalue weighted by Crippen LogP contribution is 2.29. The van der Waals surface area contributed by atoms with Crippen LogP contribution < -0.4 is 11.1 Å². The minimum absolute atomic E-state index is 0.293. The summed E-state index contributed by atoms with van der Waals surface area (Å²) in [5, 5.41) is 3.37. The smallest absolute Gasteiger partial charge is 0.221 e. The lowest BCUT2D eigenvalue weighted by atomic mass is 9.95. The van der Waals surface area contributed by atoms with Gasteiger partial charge in [-0.3, -0.25) is 4.79 Å². The molecule has 0 spiro atoms. The molecule has 0 bridgehead atoms. The van der Waals surface area contributed by atoms with E-state index in [4.69, 9.17) is 5.73 Å². The van der Waals surface area contributed by atoms with Gasteiger partial charge in [0.15, 0.2) is 0 Å². The van der Waals surface area contributed by atoms with Crippen LogP contribution in [-0.2, 0) is 24.3 Å². The Labute approximate surface area is 112 Å². The zero-order chi connectivity index (χ0) is 13.2. The molecule has 2 aromatic rings. The zero-order valence-corrected chi connectivity index (χ0v) is 10.6. The van der Waals surface area contributed by atoms with Gasteiger partial charge in [-0.1, -0.05) is 42.5 Å². The fourth-order valence-corrected chi connectivity index (χ4v) is 2.65. The fourth-order valence-electron chi connectivity index (χ4n) is 2.65. The second-order valence-corrected chi connectivity index (χ2v) is 4.89. The second-order valence-electron chi connectivity index (χ2n) is 4.89. The van der Waals surface area contributed by atoms with Gasteiger partial charge < -0.3 is 11.1 Å². The summed E-state index contributed by atoms with van der Waals surface area (Å²) in [6, 6.07) is 14.4. The number of benzene rings is 2. The quantitative estimate of drug-likeness (QED) is 0.877. The Morgan fingerprint density at radius 2 is 2.00 bits per heavy atom. The van der Waals surface area contributed by atoms with Crippen LogP contribution in [0.15, 0.2) is 42.5 Å². The van der Waals surface area contributed by atoms with Crippen molar-refractivity contribution in [2.75, 3.05) is 0 Å². The Morgan fingerprint density at radius 1 is 1.16 bits per heavy atom. The van der Waals surface area contributed by atoms with Crippen molar-refractivity contribution in [1.29, 1.82) is 0 Å². The molecule has 0 saturated heterocycles. The third-order valence-corrected chi connectivity index (χ3v) is 3.51. The van der Waals surface area contributed by atoms with Crippen molar-refractivity contribution in [2.24, 2.45) is 5.73 Å². The highest BCUT2D eigenvalue weighted by atomic mass is 16.1. The predicted octanol–water partition coefficient (Wildman–Crippen LogP) is 1.98. The topological polar surface area (TPSA) is 55.1 Å². The lowest BCUT2D eigenvalue weighted by molar-refractivity contribution is -0.117. The SMILES string of the molecule is NC(=O)Cc1cccc(-c2cccc3c2CNC3)c1. The van der Waals surface area contributed by atoms with Crippen molar-refractivity contribution in [3.05, 3.63) is 59.2 Å². The lowest BCUT2D eigenvalue weighted by Crippen LogP contribution is -2.13. The number of hydrogen-bond acceptors (Lipinski definition) is 2. The number of hydrogen-bond donors (Lipinski definition) is 2. The first-order valence-corrected chi connectivity index (χ1v) is 6.43. The molecule has 1 aliphatic heterocycles. The van der Waals surface area contributed by atoms with Gasteiger partial charge in [-0.05, 0) is 27.8 Å². The van der Waals surface area contributed by atoms with Gasteiger partial charge in [-0.15, -0.1) is 0 Å². The summed E-state index contributed by atoms with van der Waals surface area (Å²) in [7, 11) is 0. The predicted molar refractivity (Wildman–Crippen MR) is 75.3 cm³/mol. The maximum absolute atomic E-state index is 11.0. The first-order chi connectivity index (χ1) is 9.24. The average Bonchev–Trinajstić information content (AvgIpc) is 2.86.